The molecule has 0 unspecified atom stereocenters. The third kappa shape index (κ3) is 4.80. The van der Waals surface area contributed by atoms with Gasteiger partial charge in [-0.3, -0.25) is 0 Å². The van der Waals surface area contributed by atoms with Crippen molar-refractivity contribution in [2.24, 2.45) is 11.5 Å². The number of rotatable bonds is 2. The molecule has 0 amide bonds. The first-order valence-corrected chi connectivity index (χ1v) is 7.00. The molecule has 2 aromatic rings. The monoisotopic (exact) mass is 270 g/mol. The van der Waals surface area contributed by atoms with Crippen LogP contribution in [0.5, 0.6) is 0 Å². The van der Waals surface area contributed by atoms with Crippen molar-refractivity contribution in [3.63, 3.8) is 0 Å². The average Bonchev–Trinajstić information content (AvgIpc) is 2.40. The number of aryl methyl sites for hydroxylation is 4. The first kappa shape index (κ1) is 16.4. The van der Waals surface area contributed by atoms with Gasteiger partial charge in [0.1, 0.15) is 0 Å². The zero-order valence-corrected chi connectivity index (χ0v) is 13.0. The van der Waals surface area contributed by atoms with Gasteiger partial charge in [-0.1, -0.05) is 47.5 Å². The highest BCUT2D eigenvalue weighted by atomic mass is 14.5. The quantitative estimate of drug-likeness (QED) is 0.877. The lowest BCUT2D eigenvalue weighted by atomic mass is 10.1. The highest BCUT2D eigenvalue weighted by molar-refractivity contribution is 5.30. The van der Waals surface area contributed by atoms with E-state index in [2.05, 4.69) is 64.1 Å². The minimum Gasteiger partial charge on any atom is -0.326 e. The van der Waals surface area contributed by atoms with E-state index < -0.39 is 0 Å². The lowest BCUT2D eigenvalue weighted by Crippen LogP contribution is -1.98. The zero-order chi connectivity index (χ0) is 15.1. The maximum Gasteiger partial charge on any atom is 0.0180 e. The first-order valence-electron chi connectivity index (χ1n) is 7.00. The van der Waals surface area contributed by atoms with Crippen LogP contribution in [0, 0.1) is 27.7 Å². The minimum absolute atomic E-state index is 0.645. The second-order valence-corrected chi connectivity index (χ2v) is 5.27. The van der Waals surface area contributed by atoms with Crippen molar-refractivity contribution in [2.75, 3.05) is 0 Å². The summed E-state index contributed by atoms with van der Waals surface area (Å²) in [5, 5.41) is 0. The van der Waals surface area contributed by atoms with Crippen molar-refractivity contribution >= 4 is 0 Å². The standard InChI is InChI=1S/2C9H13N/c2*1-7-3-4-9(6-10)8(2)5-7/h2*3-5H,6,10H2,1-2H3. The van der Waals surface area contributed by atoms with Crippen LogP contribution < -0.4 is 11.5 Å². The summed E-state index contributed by atoms with van der Waals surface area (Å²) in [6, 6.07) is 12.7. The molecule has 0 spiro atoms. The molecular formula is C18H26N2. The third-order valence-electron chi connectivity index (χ3n) is 3.44. The first-order chi connectivity index (χ1) is 9.47. The minimum atomic E-state index is 0.645. The van der Waals surface area contributed by atoms with Gasteiger partial charge in [0.15, 0.2) is 0 Å². The number of hydrogen-bond acceptors (Lipinski definition) is 2. The predicted molar refractivity (Wildman–Crippen MR) is 87.6 cm³/mol. The van der Waals surface area contributed by atoms with Crippen molar-refractivity contribution in [2.45, 2.75) is 40.8 Å². The van der Waals surface area contributed by atoms with Crippen molar-refractivity contribution in [3.8, 4) is 0 Å². The van der Waals surface area contributed by atoms with E-state index in [1.807, 2.05) is 0 Å². The van der Waals surface area contributed by atoms with Gasteiger partial charge in [-0.25, -0.2) is 0 Å². The van der Waals surface area contributed by atoms with E-state index in [4.69, 9.17) is 11.5 Å². The maximum atomic E-state index is 5.50. The van der Waals surface area contributed by atoms with E-state index in [1.54, 1.807) is 0 Å². The highest BCUT2D eigenvalue weighted by Crippen LogP contribution is 2.09. The highest BCUT2D eigenvalue weighted by Gasteiger charge is 1.94. The van der Waals surface area contributed by atoms with Gasteiger partial charge in [0.05, 0.1) is 0 Å². The van der Waals surface area contributed by atoms with Crippen molar-refractivity contribution in [1.82, 2.24) is 0 Å². The Bertz CT molecular complexity index is 508. The van der Waals surface area contributed by atoms with Gasteiger partial charge in [0, 0.05) is 13.1 Å². The maximum absolute atomic E-state index is 5.50. The van der Waals surface area contributed by atoms with Crippen molar-refractivity contribution in [1.29, 1.82) is 0 Å². The van der Waals surface area contributed by atoms with Crippen molar-refractivity contribution < 1.29 is 0 Å². The van der Waals surface area contributed by atoms with Crippen LogP contribution in [0.15, 0.2) is 36.4 Å². The van der Waals surface area contributed by atoms with E-state index in [0.717, 1.165) is 0 Å². The second-order valence-electron chi connectivity index (χ2n) is 5.27. The Kier molecular flexibility index (Phi) is 6.43. The summed E-state index contributed by atoms with van der Waals surface area (Å²) in [7, 11) is 0. The zero-order valence-electron chi connectivity index (χ0n) is 13.0. The number of benzene rings is 2. The molecule has 0 aliphatic carbocycles. The van der Waals surface area contributed by atoms with Gasteiger partial charge >= 0.3 is 0 Å². The van der Waals surface area contributed by atoms with E-state index in [9.17, 15) is 0 Å². The Labute approximate surface area is 122 Å². The SMILES string of the molecule is Cc1ccc(CN)c(C)c1.Cc1ccc(CN)c(C)c1. The molecule has 2 heteroatoms. The fourth-order valence-electron chi connectivity index (χ4n) is 2.15. The van der Waals surface area contributed by atoms with Gasteiger partial charge in [-0.15, -0.1) is 0 Å². The molecule has 20 heavy (non-hydrogen) atoms. The van der Waals surface area contributed by atoms with E-state index in [0.29, 0.717) is 13.1 Å². The normalized spacial score (nSPS) is 9.90. The molecule has 0 saturated heterocycles. The van der Waals surface area contributed by atoms with Gasteiger partial charge in [-0.2, -0.15) is 0 Å². The van der Waals surface area contributed by atoms with Crippen LogP contribution in [-0.2, 0) is 13.1 Å². The van der Waals surface area contributed by atoms with Crippen LogP contribution in [0.4, 0.5) is 0 Å². The van der Waals surface area contributed by atoms with Gasteiger partial charge in [-0.05, 0) is 49.9 Å². The number of hydrogen-bond donors (Lipinski definition) is 2. The molecule has 0 aromatic heterocycles. The van der Waals surface area contributed by atoms with Crippen LogP contribution in [0.1, 0.15) is 33.4 Å². The lowest BCUT2D eigenvalue weighted by molar-refractivity contribution is 1.05. The Morgan fingerprint density at radius 1 is 0.650 bits per heavy atom. The molecule has 0 heterocycles. The van der Waals surface area contributed by atoms with Crippen LogP contribution >= 0.6 is 0 Å². The Morgan fingerprint density at radius 2 is 1.00 bits per heavy atom. The summed E-state index contributed by atoms with van der Waals surface area (Å²) in [5.41, 5.74) is 18.7. The van der Waals surface area contributed by atoms with E-state index in [1.165, 1.54) is 33.4 Å². The smallest absolute Gasteiger partial charge is 0.0180 e. The molecule has 0 aliphatic rings. The van der Waals surface area contributed by atoms with Crippen LogP contribution in [0.3, 0.4) is 0 Å². The lowest BCUT2D eigenvalue weighted by Gasteiger charge is -2.02. The molecular weight excluding hydrogens is 244 g/mol. The largest absolute Gasteiger partial charge is 0.326 e. The van der Waals surface area contributed by atoms with Crippen LogP contribution in [0.2, 0.25) is 0 Å². The molecule has 2 rings (SSSR count). The number of nitrogens with two attached hydrogens (primary N) is 2. The summed E-state index contributed by atoms with van der Waals surface area (Å²) in [6.07, 6.45) is 0. The molecule has 0 saturated carbocycles. The molecule has 2 aromatic carbocycles. The molecule has 0 aliphatic heterocycles. The van der Waals surface area contributed by atoms with Gasteiger partial charge in [0.2, 0.25) is 0 Å². The summed E-state index contributed by atoms with van der Waals surface area (Å²) in [4.78, 5) is 0. The Balaban J connectivity index is 0.000000200. The molecule has 0 bridgehead atoms. The van der Waals surface area contributed by atoms with Crippen LogP contribution in [-0.4, -0.2) is 0 Å². The summed E-state index contributed by atoms with van der Waals surface area (Å²) in [5.74, 6) is 0. The molecule has 2 nitrogen and oxygen atoms in total. The van der Waals surface area contributed by atoms with Gasteiger partial charge in [0.25, 0.3) is 0 Å². The topological polar surface area (TPSA) is 52.0 Å². The fourth-order valence-corrected chi connectivity index (χ4v) is 2.15. The molecule has 0 fully saturated rings. The van der Waals surface area contributed by atoms with E-state index in [-0.39, 0.29) is 0 Å². The summed E-state index contributed by atoms with van der Waals surface area (Å²) in [6.45, 7) is 9.66. The molecule has 4 N–H and O–H groups in total. The molecule has 0 atom stereocenters. The molecule has 0 radical (unpaired) electrons. The average molecular weight is 270 g/mol. The van der Waals surface area contributed by atoms with Crippen LogP contribution in [0.25, 0.3) is 0 Å². The van der Waals surface area contributed by atoms with Crippen molar-refractivity contribution in [3.05, 3.63) is 69.8 Å². The summed E-state index contributed by atoms with van der Waals surface area (Å²) < 4.78 is 0. The Hall–Kier alpha value is -1.64. The third-order valence-corrected chi connectivity index (χ3v) is 3.44. The van der Waals surface area contributed by atoms with Gasteiger partial charge < -0.3 is 11.5 Å². The van der Waals surface area contributed by atoms with E-state index >= 15 is 0 Å². The second kappa shape index (κ2) is 7.83. The fraction of sp³-hybridized carbons (Fsp3) is 0.333. The summed E-state index contributed by atoms with van der Waals surface area (Å²) >= 11 is 0. The molecule has 108 valence electrons. The Morgan fingerprint density at radius 3 is 1.25 bits per heavy atom. The predicted octanol–water partition coefficient (Wildman–Crippen LogP) is 3.52.